The molecule has 0 aliphatic heterocycles. The molecule has 1 heterocycles. The summed E-state index contributed by atoms with van der Waals surface area (Å²) >= 11 is 0. The molecule has 0 N–H and O–H groups in total. The summed E-state index contributed by atoms with van der Waals surface area (Å²) in [5, 5.41) is 18.3. The highest BCUT2D eigenvalue weighted by Gasteiger charge is 2.19. The van der Waals surface area contributed by atoms with E-state index in [9.17, 15) is 14.9 Å². The first-order valence-electron chi connectivity index (χ1n) is 10.1. The Hall–Kier alpha value is -3.84. The largest absolute Gasteiger partial charge is 0.451 e. The highest BCUT2D eigenvalue weighted by molar-refractivity contribution is 6.00. The van der Waals surface area contributed by atoms with Crippen LogP contribution in [0.3, 0.4) is 0 Å². The molecule has 0 bridgehead atoms. The van der Waals surface area contributed by atoms with Gasteiger partial charge in [0.25, 0.3) is 5.91 Å². The van der Waals surface area contributed by atoms with Crippen LogP contribution in [0.25, 0.3) is 6.08 Å². The third kappa shape index (κ3) is 6.07. The van der Waals surface area contributed by atoms with Crippen molar-refractivity contribution < 1.29 is 14.3 Å². The molecule has 7 nitrogen and oxygen atoms in total. The molecule has 0 saturated carbocycles. The fourth-order valence-electron chi connectivity index (χ4n) is 3.28. The number of amides is 1. The normalized spacial score (nSPS) is 10.8. The van der Waals surface area contributed by atoms with Gasteiger partial charge in [0.05, 0.1) is 12.5 Å². The van der Waals surface area contributed by atoms with Crippen molar-refractivity contribution in [3.05, 3.63) is 58.9 Å². The Morgan fingerprint density at radius 2 is 1.90 bits per heavy atom. The number of aryl methyl sites for hydroxylation is 1. The van der Waals surface area contributed by atoms with E-state index in [1.54, 1.807) is 24.3 Å². The predicted octanol–water partition coefficient (Wildman–Crippen LogP) is 3.91. The Morgan fingerprint density at radius 3 is 2.52 bits per heavy atom. The van der Waals surface area contributed by atoms with E-state index in [1.165, 1.54) is 11.0 Å². The molecule has 0 saturated heterocycles. The molecule has 31 heavy (non-hydrogen) atoms. The van der Waals surface area contributed by atoms with Crippen LogP contribution in [0.15, 0.2) is 42.0 Å². The summed E-state index contributed by atoms with van der Waals surface area (Å²) in [5.74, 6) is -1.32. The number of carbonyl (C=O) groups excluding carboxylic acids is 2. The molecule has 0 spiro atoms. The van der Waals surface area contributed by atoms with Crippen LogP contribution in [0, 0.1) is 36.5 Å². The van der Waals surface area contributed by atoms with Crippen LogP contribution in [-0.2, 0) is 20.9 Å². The third-order valence-corrected chi connectivity index (χ3v) is 4.84. The number of benzene rings is 1. The monoisotopic (exact) mass is 418 g/mol. The molecule has 0 radical (unpaired) electrons. The molecule has 0 unspecified atom stereocenters. The number of aromatic nitrogens is 1. The Morgan fingerprint density at radius 1 is 1.19 bits per heavy atom. The van der Waals surface area contributed by atoms with Crippen molar-refractivity contribution in [2.75, 3.05) is 18.1 Å². The number of nitriles is 2. The molecular formula is C24H26N4O3. The summed E-state index contributed by atoms with van der Waals surface area (Å²) in [6.07, 6.45) is 2.61. The number of nitrogens with zero attached hydrogens (tertiary/aromatic N) is 4. The maximum atomic E-state index is 12.6. The number of rotatable bonds is 9. The van der Waals surface area contributed by atoms with Crippen molar-refractivity contribution in [2.24, 2.45) is 0 Å². The number of anilines is 1. The van der Waals surface area contributed by atoms with E-state index in [2.05, 4.69) is 11.5 Å². The molecule has 0 fully saturated rings. The van der Waals surface area contributed by atoms with Gasteiger partial charge in [0, 0.05) is 30.2 Å². The molecule has 1 amide bonds. The lowest BCUT2D eigenvalue weighted by atomic mass is 10.1. The van der Waals surface area contributed by atoms with E-state index in [0.29, 0.717) is 5.69 Å². The van der Waals surface area contributed by atoms with Crippen molar-refractivity contribution in [1.82, 2.24) is 4.57 Å². The van der Waals surface area contributed by atoms with E-state index in [1.807, 2.05) is 38.1 Å². The second-order valence-electron chi connectivity index (χ2n) is 7.01. The minimum atomic E-state index is -0.857. The van der Waals surface area contributed by atoms with Gasteiger partial charge in [-0.25, -0.2) is 4.79 Å². The molecular weight excluding hydrogens is 392 g/mol. The van der Waals surface area contributed by atoms with Gasteiger partial charge in [-0.15, -0.1) is 0 Å². The summed E-state index contributed by atoms with van der Waals surface area (Å²) in [5.41, 5.74) is 3.21. The van der Waals surface area contributed by atoms with Gasteiger partial charge < -0.3 is 14.2 Å². The van der Waals surface area contributed by atoms with Crippen LogP contribution in [-0.4, -0.2) is 29.6 Å². The van der Waals surface area contributed by atoms with Crippen LogP contribution in [0.1, 0.15) is 36.7 Å². The highest BCUT2D eigenvalue weighted by atomic mass is 16.5. The first kappa shape index (κ1) is 23.4. The van der Waals surface area contributed by atoms with Gasteiger partial charge in [0.2, 0.25) is 0 Å². The van der Waals surface area contributed by atoms with E-state index < -0.39 is 18.5 Å². The lowest BCUT2D eigenvalue weighted by Gasteiger charge is -2.21. The van der Waals surface area contributed by atoms with Crippen molar-refractivity contribution in [3.8, 4) is 12.1 Å². The fraction of sp³-hybridized carbons (Fsp3) is 0.333. The molecule has 0 atom stereocenters. The van der Waals surface area contributed by atoms with Crippen LogP contribution >= 0.6 is 0 Å². The zero-order valence-electron chi connectivity index (χ0n) is 18.1. The molecule has 0 aliphatic rings. The van der Waals surface area contributed by atoms with Gasteiger partial charge in [-0.05, 0) is 50.1 Å². The average Bonchev–Trinajstić information content (AvgIpc) is 3.04. The SMILES string of the molecule is CCCn1c(C)cc(/C=C(\C#N)C(=O)OCC(=O)N(CCC#N)c2ccccc2)c1C. The second-order valence-corrected chi connectivity index (χ2v) is 7.01. The summed E-state index contributed by atoms with van der Waals surface area (Å²) in [7, 11) is 0. The van der Waals surface area contributed by atoms with Crippen molar-refractivity contribution >= 4 is 23.6 Å². The molecule has 1 aromatic carbocycles. The van der Waals surface area contributed by atoms with Gasteiger partial charge in [-0.1, -0.05) is 25.1 Å². The summed E-state index contributed by atoms with van der Waals surface area (Å²) in [6, 6.07) is 14.6. The number of hydrogen-bond acceptors (Lipinski definition) is 5. The van der Waals surface area contributed by atoms with Gasteiger partial charge in [-0.3, -0.25) is 4.79 Å². The van der Waals surface area contributed by atoms with Gasteiger partial charge in [-0.2, -0.15) is 10.5 Å². The quantitative estimate of drug-likeness (QED) is 0.349. The molecule has 1 aromatic heterocycles. The minimum Gasteiger partial charge on any atom is -0.451 e. The van der Waals surface area contributed by atoms with Crippen molar-refractivity contribution in [3.63, 3.8) is 0 Å². The van der Waals surface area contributed by atoms with Crippen LogP contribution in [0.5, 0.6) is 0 Å². The Balaban J connectivity index is 2.13. The third-order valence-electron chi connectivity index (χ3n) is 4.84. The van der Waals surface area contributed by atoms with Gasteiger partial charge >= 0.3 is 5.97 Å². The molecule has 0 aliphatic carbocycles. The summed E-state index contributed by atoms with van der Waals surface area (Å²) in [4.78, 5) is 26.5. The molecule has 2 aromatic rings. The molecule has 7 heteroatoms. The Kier molecular flexibility index (Phi) is 8.60. The van der Waals surface area contributed by atoms with Crippen molar-refractivity contribution in [2.45, 2.75) is 40.2 Å². The highest BCUT2D eigenvalue weighted by Crippen LogP contribution is 2.19. The van der Waals surface area contributed by atoms with E-state index in [-0.39, 0.29) is 18.5 Å². The van der Waals surface area contributed by atoms with Gasteiger partial charge in [0.15, 0.2) is 6.61 Å². The number of ether oxygens (including phenoxy) is 1. The Bertz CT molecular complexity index is 1040. The topological polar surface area (TPSA) is 99.1 Å². The van der Waals surface area contributed by atoms with Crippen LogP contribution < -0.4 is 4.90 Å². The Labute approximate surface area is 182 Å². The summed E-state index contributed by atoms with van der Waals surface area (Å²) < 4.78 is 7.25. The fourth-order valence-corrected chi connectivity index (χ4v) is 3.28. The van der Waals surface area contributed by atoms with Crippen molar-refractivity contribution in [1.29, 1.82) is 10.5 Å². The van der Waals surface area contributed by atoms with E-state index in [4.69, 9.17) is 10.00 Å². The number of carbonyl (C=O) groups is 2. The zero-order chi connectivity index (χ0) is 22.8. The molecule has 160 valence electrons. The summed E-state index contributed by atoms with van der Waals surface area (Å²) in [6.45, 7) is 6.51. The maximum absolute atomic E-state index is 12.6. The van der Waals surface area contributed by atoms with E-state index >= 15 is 0 Å². The predicted molar refractivity (Wildman–Crippen MR) is 118 cm³/mol. The first-order chi connectivity index (χ1) is 14.9. The first-order valence-corrected chi connectivity index (χ1v) is 10.1. The van der Waals surface area contributed by atoms with Crippen LogP contribution in [0.2, 0.25) is 0 Å². The van der Waals surface area contributed by atoms with E-state index in [0.717, 1.165) is 29.9 Å². The average molecular weight is 418 g/mol. The van der Waals surface area contributed by atoms with Gasteiger partial charge in [0.1, 0.15) is 11.6 Å². The standard InChI is InChI=1S/C24H26N4O3/c1-4-12-27-18(2)14-20(19(27)3)15-21(16-26)24(30)31-17-23(29)28(13-8-11-25)22-9-6-5-7-10-22/h5-7,9-10,14-15H,4,8,12-13,17H2,1-3H3/b21-15+. The van der Waals surface area contributed by atoms with Crippen LogP contribution in [0.4, 0.5) is 5.69 Å². The lowest BCUT2D eigenvalue weighted by Crippen LogP contribution is -2.35. The zero-order valence-corrected chi connectivity index (χ0v) is 18.1. The number of hydrogen-bond donors (Lipinski definition) is 0. The number of esters is 1. The smallest absolute Gasteiger partial charge is 0.349 e. The molecule has 2 rings (SSSR count). The minimum absolute atomic E-state index is 0.144. The lowest BCUT2D eigenvalue weighted by molar-refractivity contribution is -0.143. The maximum Gasteiger partial charge on any atom is 0.349 e. The number of para-hydroxylation sites is 1. The second kappa shape index (κ2) is 11.4.